The zero-order valence-electron chi connectivity index (χ0n) is 31.7. The predicted octanol–water partition coefficient (Wildman–Crippen LogP) is 13.9. The second-order valence-corrected chi connectivity index (χ2v) is 15.3. The van der Waals surface area contributed by atoms with Gasteiger partial charge in [0.25, 0.3) is 0 Å². The lowest BCUT2D eigenvalue weighted by atomic mass is 9.89. The SMILES string of the molecule is Oc1ccc2c(c1)c1cc(C3=CC=C(c4ccc5c(c4)c4cc(O)ccc4n5-c4cc(-c5ccccc5)cc(-c5ccccc5)c4)CC3)ccc1n2-c1ccccc1. The minimum Gasteiger partial charge on any atom is -0.508 e. The normalized spacial score (nSPS) is 13.0. The molecule has 0 amide bonds. The highest BCUT2D eigenvalue weighted by molar-refractivity contribution is 6.12. The molecule has 0 unspecified atom stereocenters. The Kier molecular flexibility index (Phi) is 7.90. The first-order chi connectivity index (χ1) is 28.6. The Bertz CT molecular complexity index is 3220. The number of phenols is 2. The van der Waals surface area contributed by atoms with Crippen molar-refractivity contribution in [2.45, 2.75) is 12.8 Å². The van der Waals surface area contributed by atoms with Crippen LogP contribution in [0, 0.1) is 0 Å². The number of aromatic hydroxyl groups is 2. The standard InChI is InChI=1S/C54H38N2O2/c57-45-22-26-53-49(33-45)47-31-39(20-24-51(47)55(53)43-14-8-3-9-15-43)37-16-18-38(19-17-37)40-21-25-52-48(32-40)50-34-46(58)23-27-54(50)56(52)44-29-41(35-10-4-1-5-11-35)28-42(30-44)36-12-6-2-7-13-36/h1-16,18,20-34,57-58H,17,19H2. The van der Waals surface area contributed by atoms with Crippen molar-refractivity contribution in [1.29, 1.82) is 0 Å². The summed E-state index contributed by atoms with van der Waals surface area (Å²) in [5, 5.41) is 25.5. The molecule has 58 heavy (non-hydrogen) atoms. The molecule has 1 aliphatic carbocycles. The predicted molar refractivity (Wildman–Crippen MR) is 241 cm³/mol. The van der Waals surface area contributed by atoms with Crippen LogP contribution in [0.2, 0.25) is 0 Å². The van der Waals surface area contributed by atoms with E-state index in [2.05, 4.69) is 161 Å². The van der Waals surface area contributed by atoms with Crippen molar-refractivity contribution < 1.29 is 10.2 Å². The maximum atomic E-state index is 10.8. The first kappa shape index (κ1) is 33.8. The topological polar surface area (TPSA) is 50.3 Å². The number of allylic oxidation sites excluding steroid dienone is 4. The molecule has 0 atom stereocenters. The van der Waals surface area contributed by atoms with E-state index >= 15 is 0 Å². The average Bonchev–Trinajstić information content (AvgIpc) is 3.78. The quantitative estimate of drug-likeness (QED) is 0.178. The summed E-state index contributed by atoms with van der Waals surface area (Å²) in [6.07, 6.45) is 6.36. The zero-order valence-corrected chi connectivity index (χ0v) is 31.7. The van der Waals surface area contributed by atoms with Crippen molar-refractivity contribution in [3.05, 3.63) is 205 Å². The third kappa shape index (κ3) is 5.69. The fourth-order valence-corrected chi connectivity index (χ4v) is 9.01. The van der Waals surface area contributed by atoms with Gasteiger partial charge in [0.1, 0.15) is 11.5 Å². The number of para-hydroxylation sites is 1. The van der Waals surface area contributed by atoms with Crippen molar-refractivity contribution in [1.82, 2.24) is 9.13 Å². The van der Waals surface area contributed by atoms with Crippen molar-refractivity contribution in [3.63, 3.8) is 0 Å². The number of nitrogens with zero attached hydrogens (tertiary/aromatic N) is 2. The van der Waals surface area contributed by atoms with Gasteiger partial charge in [-0.3, -0.25) is 0 Å². The van der Waals surface area contributed by atoms with E-state index in [1.165, 1.54) is 22.3 Å². The van der Waals surface area contributed by atoms with E-state index in [1.807, 2.05) is 30.3 Å². The summed E-state index contributed by atoms with van der Waals surface area (Å²) in [5.41, 5.74) is 16.1. The van der Waals surface area contributed by atoms with E-state index in [9.17, 15) is 10.2 Å². The van der Waals surface area contributed by atoms with Gasteiger partial charge < -0.3 is 19.3 Å². The Balaban J connectivity index is 1.01. The van der Waals surface area contributed by atoms with Crippen LogP contribution < -0.4 is 0 Å². The molecule has 10 aromatic rings. The van der Waals surface area contributed by atoms with E-state index in [4.69, 9.17) is 0 Å². The Labute approximate surface area is 336 Å². The van der Waals surface area contributed by atoms with Crippen LogP contribution in [-0.2, 0) is 0 Å². The highest BCUT2D eigenvalue weighted by atomic mass is 16.3. The molecule has 11 rings (SSSR count). The third-order valence-corrected chi connectivity index (χ3v) is 11.8. The van der Waals surface area contributed by atoms with Crippen LogP contribution in [0.3, 0.4) is 0 Å². The molecule has 0 spiro atoms. The Hall–Kier alpha value is -7.56. The van der Waals surface area contributed by atoms with Gasteiger partial charge in [0.15, 0.2) is 0 Å². The lowest BCUT2D eigenvalue weighted by molar-refractivity contribution is 0.475. The van der Waals surface area contributed by atoms with Crippen LogP contribution in [0.15, 0.2) is 194 Å². The average molecular weight is 747 g/mol. The molecule has 0 aliphatic heterocycles. The van der Waals surface area contributed by atoms with Gasteiger partial charge in [-0.15, -0.1) is 0 Å². The molecule has 0 fully saturated rings. The third-order valence-electron chi connectivity index (χ3n) is 11.8. The van der Waals surface area contributed by atoms with Crippen molar-refractivity contribution in [2.24, 2.45) is 0 Å². The number of hydrogen-bond acceptors (Lipinski definition) is 2. The van der Waals surface area contributed by atoms with Gasteiger partial charge in [-0.25, -0.2) is 0 Å². The Morgan fingerprint density at radius 2 is 0.707 bits per heavy atom. The Morgan fingerprint density at radius 1 is 0.310 bits per heavy atom. The van der Waals surface area contributed by atoms with Gasteiger partial charge in [0.05, 0.1) is 22.1 Å². The number of fused-ring (bicyclic) bond motifs is 6. The first-order valence-corrected chi connectivity index (χ1v) is 19.8. The van der Waals surface area contributed by atoms with E-state index in [0.717, 1.165) is 90.1 Å². The molecule has 2 heterocycles. The van der Waals surface area contributed by atoms with Gasteiger partial charge >= 0.3 is 0 Å². The van der Waals surface area contributed by atoms with Gasteiger partial charge in [-0.05, 0) is 148 Å². The molecule has 0 bridgehead atoms. The molecule has 2 aromatic heterocycles. The van der Waals surface area contributed by atoms with Crippen LogP contribution in [-0.4, -0.2) is 19.3 Å². The molecular weight excluding hydrogens is 709 g/mol. The fraction of sp³-hybridized carbons (Fsp3) is 0.0370. The summed E-state index contributed by atoms with van der Waals surface area (Å²) in [6, 6.07) is 63.2. The summed E-state index contributed by atoms with van der Waals surface area (Å²) in [7, 11) is 0. The molecule has 8 aromatic carbocycles. The maximum Gasteiger partial charge on any atom is 0.116 e. The zero-order chi connectivity index (χ0) is 38.7. The summed E-state index contributed by atoms with van der Waals surface area (Å²) in [4.78, 5) is 0. The monoisotopic (exact) mass is 746 g/mol. The van der Waals surface area contributed by atoms with Gasteiger partial charge in [-0.1, -0.05) is 103 Å². The molecule has 4 heteroatoms. The first-order valence-electron chi connectivity index (χ1n) is 19.8. The lowest BCUT2D eigenvalue weighted by Gasteiger charge is -2.17. The molecule has 1 aliphatic rings. The van der Waals surface area contributed by atoms with Crippen LogP contribution in [0.4, 0.5) is 0 Å². The van der Waals surface area contributed by atoms with Crippen molar-refractivity contribution in [2.75, 3.05) is 0 Å². The van der Waals surface area contributed by atoms with Gasteiger partial charge in [-0.2, -0.15) is 0 Å². The highest BCUT2D eigenvalue weighted by Gasteiger charge is 2.19. The molecular formula is C54H38N2O2. The highest BCUT2D eigenvalue weighted by Crippen LogP contribution is 2.41. The van der Waals surface area contributed by atoms with Crippen LogP contribution in [0.1, 0.15) is 24.0 Å². The molecule has 276 valence electrons. The van der Waals surface area contributed by atoms with Crippen LogP contribution >= 0.6 is 0 Å². The van der Waals surface area contributed by atoms with Crippen LogP contribution in [0.5, 0.6) is 11.5 Å². The minimum atomic E-state index is 0.253. The molecule has 0 saturated carbocycles. The second-order valence-electron chi connectivity index (χ2n) is 15.3. The molecule has 2 N–H and O–H groups in total. The minimum absolute atomic E-state index is 0.253. The number of hydrogen-bond donors (Lipinski definition) is 2. The molecule has 0 saturated heterocycles. The molecule has 4 nitrogen and oxygen atoms in total. The summed E-state index contributed by atoms with van der Waals surface area (Å²) in [5.74, 6) is 0.519. The smallest absolute Gasteiger partial charge is 0.116 e. The second kappa shape index (κ2) is 13.6. The lowest BCUT2D eigenvalue weighted by Crippen LogP contribution is -1.97. The number of benzene rings is 8. The van der Waals surface area contributed by atoms with E-state index < -0.39 is 0 Å². The van der Waals surface area contributed by atoms with Gasteiger partial charge in [0, 0.05) is 32.9 Å². The van der Waals surface area contributed by atoms with E-state index in [0.29, 0.717) is 0 Å². The largest absolute Gasteiger partial charge is 0.508 e. The van der Waals surface area contributed by atoms with E-state index in [-0.39, 0.29) is 11.5 Å². The molecule has 0 radical (unpaired) electrons. The maximum absolute atomic E-state index is 10.8. The van der Waals surface area contributed by atoms with Crippen LogP contribution in [0.25, 0.3) is 88.4 Å². The fourth-order valence-electron chi connectivity index (χ4n) is 9.01. The van der Waals surface area contributed by atoms with E-state index in [1.54, 1.807) is 12.1 Å². The summed E-state index contributed by atoms with van der Waals surface area (Å²) < 4.78 is 4.61. The number of rotatable bonds is 6. The number of aromatic nitrogens is 2. The van der Waals surface area contributed by atoms with Crippen molar-refractivity contribution >= 4 is 54.8 Å². The summed E-state index contributed by atoms with van der Waals surface area (Å²) in [6.45, 7) is 0. The Morgan fingerprint density at radius 3 is 1.16 bits per heavy atom. The number of phenolic OH excluding ortho intramolecular Hbond substituents is 2. The van der Waals surface area contributed by atoms with Gasteiger partial charge in [0.2, 0.25) is 0 Å². The van der Waals surface area contributed by atoms with Crippen molar-refractivity contribution in [3.8, 4) is 45.1 Å². The summed E-state index contributed by atoms with van der Waals surface area (Å²) >= 11 is 0.